The Kier molecular flexibility index (Phi) is 3.71. The molecule has 1 saturated heterocycles. The quantitative estimate of drug-likeness (QED) is 0.517. The van der Waals surface area contributed by atoms with Gasteiger partial charge in [0.15, 0.2) is 0 Å². The largest absolute Gasteiger partial charge is 0.395 e. The fourth-order valence-corrected chi connectivity index (χ4v) is 2.26. The van der Waals surface area contributed by atoms with Gasteiger partial charge < -0.3 is 10.8 Å². The van der Waals surface area contributed by atoms with E-state index in [1.807, 2.05) is 12.1 Å². The van der Waals surface area contributed by atoms with Gasteiger partial charge in [0.1, 0.15) is 11.5 Å². The van der Waals surface area contributed by atoms with Crippen molar-refractivity contribution in [2.45, 2.75) is 25.4 Å². The van der Waals surface area contributed by atoms with Crippen LogP contribution in [0.2, 0.25) is 0 Å². The molecule has 1 aromatic rings. The number of amidine groups is 1. The van der Waals surface area contributed by atoms with Gasteiger partial charge in [-0.15, -0.1) is 0 Å². The van der Waals surface area contributed by atoms with Crippen molar-refractivity contribution in [1.29, 1.82) is 5.41 Å². The van der Waals surface area contributed by atoms with Gasteiger partial charge >= 0.3 is 0 Å². The molecular formula is C12H18N4O. The molecule has 0 radical (unpaired) electrons. The van der Waals surface area contributed by atoms with Crippen LogP contribution in [0.15, 0.2) is 18.3 Å². The number of hydrogen-bond donors (Lipinski definition) is 3. The number of hydrogen-bond acceptors (Lipinski definition) is 4. The Labute approximate surface area is 101 Å². The molecule has 1 atom stereocenters. The normalized spacial score (nSPS) is 20.6. The number of aromatic nitrogens is 1. The maximum Gasteiger partial charge on any atom is 0.141 e. The maximum absolute atomic E-state index is 9.25. The summed E-state index contributed by atoms with van der Waals surface area (Å²) >= 11 is 0. The summed E-state index contributed by atoms with van der Waals surface area (Å²) in [5.74, 6) is -0.00743. The minimum Gasteiger partial charge on any atom is -0.395 e. The molecule has 0 amide bonds. The molecule has 4 N–H and O–H groups in total. The molecule has 2 rings (SSSR count). The number of aliphatic hydroxyl groups is 1. The van der Waals surface area contributed by atoms with Gasteiger partial charge in [0.05, 0.1) is 6.61 Å². The van der Waals surface area contributed by atoms with Crippen LogP contribution in [0, 0.1) is 5.41 Å². The first-order chi connectivity index (χ1) is 8.20. The van der Waals surface area contributed by atoms with Crippen LogP contribution in [0.3, 0.4) is 0 Å². The Morgan fingerprint density at radius 2 is 2.47 bits per heavy atom. The van der Waals surface area contributed by atoms with E-state index in [-0.39, 0.29) is 18.5 Å². The van der Waals surface area contributed by atoms with Crippen molar-refractivity contribution >= 4 is 5.84 Å². The number of nitrogens with zero attached hydrogens (tertiary/aromatic N) is 2. The lowest BCUT2D eigenvalue weighted by Gasteiger charge is -2.22. The highest BCUT2D eigenvalue weighted by Crippen LogP contribution is 2.19. The van der Waals surface area contributed by atoms with Gasteiger partial charge in [-0.1, -0.05) is 0 Å². The molecule has 1 fully saturated rings. The summed E-state index contributed by atoms with van der Waals surface area (Å²) < 4.78 is 0. The minimum absolute atomic E-state index is 0.00743. The van der Waals surface area contributed by atoms with Crippen molar-refractivity contribution in [3.05, 3.63) is 29.6 Å². The maximum atomic E-state index is 9.25. The summed E-state index contributed by atoms with van der Waals surface area (Å²) in [4.78, 5) is 6.30. The summed E-state index contributed by atoms with van der Waals surface area (Å²) in [6.45, 7) is 2.02. The van der Waals surface area contributed by atoms with Gasteiger partial charge in [-0.05, 0) is 37.1 Å². The fraction of sp³-hybridized carbons (Fsp3) is 0.500. The summed E-state index contributed by atoms with van der Waals surface area (Å²) in [7, 11) is 0. The molecule has 92 valence electrons. The highest BCUT2D eigenvalue weighted by atomic mass is 16.3. The Morgan fingerprint density at radius 1 is 1.65 bits per heavy atom. The van der Waals surface area contributed by atoms with Crippen molar-refractivity contribution in [1.82, 2.24) is 9.88 Å². The summed E-state index contributed by atoms with van der Waals surface area (Å²) in [5, 5.41) is 16.6. The summed E-state index contributed by atoms with van der Waals surface area (Å²) in [6.07, 6.45) is 3.87. The third-order valence-electron chi connectivity index (χ3n) is 3.20. The molecule has 1 aliphatic heterocycles. The smallest absolute Gasteiger partial charge is 0.141 e. The van der Waals surface area contributed by atoms with Crippen LogP contribution in [0.25, 0.3) is 0 Å². The predicted octanol–water partition coefficient (Wildman–Crippen LogP) is 0.322. The summed E-state index contributed by atoms with van der Waals surface area (Å²) in [6, 6.07) is 4.04. The predicted molar refractivity (Wildman–Crippen MR) is 65.8 cm³/mol. The molecule has 5 heteroatoms. The third-order valence-corrected chi connectivity index (χ3v) is 3.20. The number of likely N-dealkylation sites (tertiary alicyclic amines) is 1. The van der Waals surface area contributed by atoms with Crippen molar-refractivity contribution in [2.24, 2.45) is 5.73 Å². The molecule has 1 unspecified atom stereocenters. The number of pyridine rings is 1. The van der Waals surface area contributed by atoms with Gasteiger partial charge in [-0.2, -0.15) is 0 Å². The van der Waals surface area contributed by atoms with E-state index in [1.165, 1.54) is 0 Å². The molecular weight excluding hydrogens is 216 g/mol. The third kappa shape index (κ3) is 2.81. The van der Waals surface area contributed by atoms with Crippen LogP contribution in [0.4, 0.5) is 0 Å². The zero-order valence-corrected chi connectivity index (χ0v) is 9.76. The molecule has 1 aromatic heterocycles. The van der Waals surface area contributed by atoms with Crippen molar-refractivity contribution in [3.8, 4) is 0 Å². The van der Waals surface area contributed by atoms with E-state index in [9.17, 15) is 5.11 Å². The van der Waals surface area contributed by atoms with Gasteiger partial charge in [0, 0.05) is 18.8 Å². The molecule has 0 aliphatic carbocycles. The van der Waals surface area contributed by atoms with Gasteiger partial charge in [0.2, 0.25) is 0 Å². The average molecular weight is 234 g/mol. The Morgan fingerprint density at radius 3 is 3.18 bits per heavy atom. The van der Waals surface area contributed by atoms with E-state index in [2.05, 4.69) is 9.88 Å². The van der Waals surface area contributed by atoms with Crippen LogP contribution >= 0.6 is 0 Å². The lowest BCUT2D eigenvalue weighted by atomic mass is 10.2. The highest BCUT2D eigenvalue weighted by molar-refractivity contribution is 5.93. The van der Waals surface area contributed by atoms with Crippen LogP contribution in [0.5, 0.6) is 0 Å². The van der Waals surface area contributed by atoms with Crippen LogP contribution in [-0.2, 0) is 6.54 Å². The topological polar surface area (TPSA) is 86.2 Å². The first kappa shape index (κ1) is 12.0. The number of nitrogen functional groups attached to an aromatic ring is 1. The monoisotopic (exact) mass is 234 g/mol. The first-order valence-electron chi connectivity index (χ1n) is 5.85. The molecule has 2 heterocycles. The SMILES string of the molecule is N=C(N)c1cc(CN2CCCC2CO)ccn1. The van der Waals surface area contributed by atoms with Crippen molar-refractivity contribution in [3.63, 3.8) is 0 Å². The van der Waals surface area contributed by atoms with E-state index in [1.54, 1.807) is 6.20 Å². The standard InChI is InChI=1S/C12H18N4O/c13-12(14)11-6-9(3-4-15-11)7-16-5-1-2-10(16)8-17/h3-4,6,10,17H,1-2,5,7-8H2,(H3,13,14). The van der Waals surface area contributed by atoms with Gasteiger partial charge in [-0.3, -0.25) is 15.3 Å². The van der Waals surface area contributed by atoms with E-state index in [0.717, 1.165) is 31.5 Å². The van der Waals surface area contributed by atoms with E-state index < -0.39 is 0 Å². The average Bonchev–Trinajstić information content (AvgIpc) is 2.76. The lowest BCUT2D eigenvalue weighted by molar-refractivity contribution is 0.153. The van der Waals surface area contributed by atoms with Gasteiger partial charge in [0.25, 0.3) is 0 Å². The molecule has 1 aliphatic rings. The molecule has 0 bridgehead atoms. The van der Waals surface area contributed by atoms with Crippen molar-refractivity contribution in [2.75, 3.05) is 13.2 Å². The Hall–Kier alpha value is -1.46. The molecule has 0 aromatic carbocycles. The Bertz CT molecular complexity index is 407. The van der Waals surface area contributed by atoms with Crippen LogP contribution in [0.1, 0.15) is 24.1 Å². The summed E-state index contributed by atoms with van der Waals surface area (Å²) in [5.41, 5.74) is 7.02. The first-order valence-corrected chi connectivity index (χ1v) is 5.85. The molecule has 5 nitrogen and oxygen atoms in total. The highest BCUT2D eigenvalue weighted by Gasteiger charge is 2.23. The molecule has 0 saturated carbocycles. The zero-order valence-electron chi connectivity index (χ0n) is 9.76. The number of rotatable bonds is 4. The fourth-order valence-electron chi connectivity index (χ4n) is 2.26. The van der Waals surface area contributed by atoms with Gasteiger partial charge in [-0.25, -0.2) is 0 Å². The van der Waals surface area contributed by atoms with Crippen LogP contribution in [-0.4, -0.2) is 40.0 Å². The minimum atomic E-state index is -0.00743. The second kappa shape index (κ2) is 5.25. The second-order valence-corrected chi connectivity index (χ2v) is 4.41. The number of nitrogens with one attached hydrogen (secondary N) is 1. The number of nitrogens with two attached hydrogens (primary N) is 1. The van der Waals surface area contributed by atoms with E-state index in [0.29, 0.717) is 5.69 Å². The second-order valence-electron chi connectivity index (χ2n) is 4.41. The lowest BCUT2D eigenvalue weighted by Crippen LogP contribution is -2.31. The van der Waals surface area contributed by atoms with E-state index in [4.69, 9.17) is 11.1 Å². The molecule has 17 heavy (non-hydrogen) atoms. The van der Waals surface area contributed by atoms with Crippen LogP contribution < -0.4 is 5.73 Å². The van der Waals surface area contributed by atoms with E-state index >= 15 is 0 Å². The molecule has 0 spiro atoms. The Balaban J connectivity index is 2.07. The van der Waals surface area contributed by atoms with Crippen molar-refractivity contribution < 1.29 is 5.11 Å². The number of aliphatic hydroxyl groups excluding tert-OH is 1. The zero-order chi connectivity index (χ0) is 12.3.